The van der Waals surface area contributed by atoms with E-state index in [0.29, 0.717) is 11.4 Å². The molecule has 0 bridgehead atoms. The molecule has 86 valence electrons. The Balaban J connectivity index is 2.67. The number of nitriles is 2. The summed E-state index contributed by atoms with van der Waals surface area (Å²) >= 11 is 0. The van der Waals surface area contributed by atoms with Gasteiger partial charge in [-0.3, -0.25) is 9.78 Å². The second-order valence-corrected chi connectivity index (χ2v) is 3.33. The number of amides is 1. The number of aromatic nitrogens is 1. The number of hydrogen-bond acceptors (Lipinski definition) is 5. The first kappa shape index (κ1) is 12.5. The van der Waals surface area contributed by atoms with Gasteiger partial charge in [0.15, 0.2) is 0 Å². The molecule has 0 saturated carbocycles. The molecule has 0 radical (unpaired) electrons. The van der Waals surface area contributed by atoms with Crippen molar-refractivity contribution in [2.75, 3.05) is 18.8 Å². The van der Waals surface area contributed by atoms with Crippen LogP contribution in [-0.4, -0.2) is 28.9 Å². The molecule has 1 amide bonds. The zero-order valence-electron chi connectivity index (χ0n) is 9.13. The van der Waals surface area contributed by atoms with Crippen molar-refractivity contribution in [2.24, 2.45) is 0 Å². The highest BCUT2D eigenvalue weighted by molar-refractivity contribution is 5.78. The van der Waals surface area contributed by atoms with E-state index >= 15 is 0 Å². The average Bonchev–Trinajstić information content (AvgIpc) is 2.32. The fraction of sp³-hybridized carbons (Fsp3) is 0.273. The molecule has 2 N–H and O–H groups in total. The minimum Gasteiger partial charge on any atom is -0.397 e. The number of pyridine rings is 1. The van der Waals surface area contributed by atoms with Crippen LogP contribution in [0.3, 0.4) is 0 Å². The molecule has 0 aliphatic carbocycles. The van der Waals surface area contributed by atoms with Gasteiger partial charge in [-0.15, -0.1) is 0 Å². The number of nitrogens with two attached hydrogens (primary N) is 1. The molecule has 0 saturated heterocycles. The highest BCUT2D eigenvalue weighted by Gasteiger charge is 2.13. The lowest BCUT2D eigenvalue weighted by atomic mass is 10.2. The number of carbonyl (C=O) groups is 1. The number of nitrogens with zero attached hydrogens (tertiary/aromatic N) is 4. The highest BCUT2D eigenvalue weighted by atomic mass is 16.2. The van der Waals surface area contributed by atoms with Crippen LogP contribution in [-0.2, 0) is 11.2 Å². The Kier molecular flexibility index (Phi) is 4.46. The third-order valence-electron chi connectivity index (χ3n) is 2.06. The first-order valence-electron chi connectivity index (χ1n) is 4.89. The smallest absolute Gasteiger partial charge is 0.230 e. The Morgan fingerprint density at radius 2 is 2.00 bits per heavy atom. The van der Waals surface area contributed by atoms with Crippen molar-refractivity contribution in [2.45, 2.75) is 6.42 Å². The Bertz CT molecular complexity index is 452. The molecule has 6 nitrogen and oxygen atoms in total. The van der Waals surface area contributed by atoms with Gasteiger partial charge in [-0.2, -0.15) is 10.5 Å². The second kappa shape index (κ2) is 6.09. The van der Waals surface area contributed by atoms with Gasteiger partial charge in [-0.25, -0.2) is 0 Å². The van der Waals surface area contributed by atoms with Crippen molar-refractivity contribution < 1.29 is 4.79 Å². The van der Waals surface area contributed by atoms with E-state index in [1.54, 1.807) is 12.1 Å². The van der Waals surface area contributed by atoms with Crippen molar-refractivity contribution in [3.05, 3.63) is 24.0 Å². The summed E-state index contributed by atoms with van der Waals surface area (Å²) in [6, 6.07) is 6.97. The predicted molar refractivity (Wildman–Crippen MR) is 60.2 cm³/mol. The van der Waals surface area contributed by atoms with Gasteiger partial charge in [0, 0.05) is 5.69 Å². The monoisotopic (exact) mass is 229 g/mol. The zero-order valence-corrected chi connectivity index (χ0v) is 9.13. The van der Waals surface area contributed by atoms with Crippen LogP contribution in [0.5, 0.6) is 0 Å². The molecule has 1 heterocycles. The Labute approximate surface area is 98.9 Å². The molecule has 0 unspecified atom stereocenters. The van der Waals surface area contributed by atoms with E-state index in [2.05, 4.69) is 4.98 Å². The predicted octanol–water partition coefficient (Wildman–Crippen LogP) is 0.0821. The van der Waals surface area contributed by atoms with Crippen molar-refractivity contribution in [3.63, 3.8) is 0 Å². The molecule has 0 aliphatic rings. The van der Waals surface area contributed by atoms with Gasteiger partial charge >= 0.3 is 0 Å². The van der Waals surface area contributed by atoms with Gasteiger partial charge in [0.25, 0.3) is 0 Å². The largest absolute Gasteiger partial charge is 0.397 e. The van der Waals surface area contributed by atoms with E-state index in [0.717, 1.165) is 0 Å². The lowest BCUT2D eigenvalue weighted by molar-refractivity contribution is -0.129. The van der Waals surface area contributed by atoms with Gasteiger partial charge < -0.3 is 10.6 Å². The summed E-state index contributed by atoms with van der Waals surface area (Å²) in [4.78, 5) is 16.9. The third-order valence-corrected chi connectivity index (χ3v) is 2.06. The summed E-state index contributed by atoms with van der Waals surface area (Å²) in [7, 11) is 0. The van der Waals surface area contributed by atoms with E-state index in [1.165, 1.54) is 11.1 Å². The summed E-state index contributed by atoms with van der Waals surface area (Å²) < 4.78 is 0. The molecular formula is C11H11N5O. The van der Waals surface area contributed by atoms with Crippen LogP contribution in [0.2, 0.25) is 0 Å². The van der Waals surface area contributed by atoms with Gasteiger partial charge in [-0.1, -0.05) is 0 Å². The molecule has 0 atom stereocenters. The fourth-order valence-electron chi connectivity index (χ4n) is 1.21. The second-order valence-electron chi connectivity index (χ2n) is 3.33. The Morgan fingerprint density at radius 3 is 2.47 bits per heavy atom. The number of rotatable bonds is 4. The lowest BCUT2D eigenvalue weighted by Gasteiger charge is -2.15. The van der Waals surface area contributed by atoms with Crippen LogP contribution in [0.1, 0.15) is 5.69 Å². The van der Waals surface area contributed by atoms with Gasteiger partial charge in [0.1, 0.15) is 13.1 Å². The Hall–Kier alpha value is -2.60. The molecule has 0 fully saturated rings. The number of hydrogen-bond donors (Lipinski definition) is 1. The lowest BCUT2D eigenvalue weighted by Crippen LogP contribution is -2.33. The minimum absolute atomic E-state index is 0.0592. The van der Waals surface area contributed by atoms with E-state index in [4.69, 9.17) is 16.3 Å². The highest BCUT2D eigenvalue weighted by Crippen LogP contribution is 2.03. The van der Waals surface area contributed by atoms with E-state index < -0.39 is 0 Å². The van der Waals surface area contributed by atoms with Crippen LogP contribution in [0.4, 0.5) is 5.69 Å². The maximum absolute atomic E-state index is 11.7. The molecule has 0 aliphatic heterocycles. The summed E-state index contributed by atoms with van der Waals surface area (Å²) in [5, 5.41) is 17.1. The quantitative estimate of drug-likeness (QED) is 0.736. The number of carbonyl (C=O) groups excluding carboxylic acids is 1. The summed E-state index contributed by atoms with van der Waals surface area (Å²) in [5.74, 6) is -0.301. The topological polar surface area (TPSA) is 107 Å². The SMILES string of the molecule is N#CCN(CC#N)C(=O)Cc1ccc(N)cn1. The average molecular weight is 229 g/mol. The summed E-state index contributed by atoms with van der Waals surface area (Å²) in [6.07, 6.45) is 1.52. The standard InChI is InChI=1S/C11H11N5O/c12-3-5-16(6-4-13)11(17)7-10-2-1-9(14)8-15-10/h1-2,8H,5-7,14H2. The fourth-order valence-corrected chi connectivity index (χ4v) is 1.21. The molecule has 0 aromatic carbocycles. The number of nitrogen functional groups attached to an aromatic ring is 1. The molecule has 17 heavy (non-hydrogen) atoms. The molecule has 1 aromatic rings. The molecule has 1 aromatic heterocycles. The molecule has 0 spiro atoms. The van der Waals surface area contributed by atoms with Gasteiger partial charge in [-0.05, 0) is 12.1 Å². The van der Waals surface area contributed by atoms with Crippen molar-refractivity contribution in [1.29, 1.82) is 10.5 Å². The molecule has 1 rings (SSSR count). The van der Waals surface area contributed by atoms with Crippen LogP contribution in [0, 0.1) is 22.7 Å². The van der Waals surface area contributed by atoms with Crippen molar-refractivity contribution in [3.8, 4) is 12.1 Å². The van der Waals surface area contributed by atoms with E-state index in [1.807, 2.05) is 12.1 Å². The van der Waals surface area contributed by atoms with Crippen LogP contribution >= 0.6 is 0 Å². The van der Waals surface area contributed by atoms with E-state index in [9.17, 15) is 4.79 Å². The number of anilines is 1. The zero-order chi connectivity index (χ0) is 12.7. The third kappa shape index (κ3) is 3.80. The first-order valence-corrected chi connectivity index (χ1v) is 4.89. The van der Waals surface area contributed by atoms with Gasteiger partial charge in [0.2, 0.25) is 5.91 Å². The maximum Gasteiger partial charge on any atom is 0.230 e. The normalized spacial score (nSPS) is 9.06. The van der Waals surface area contributed by atoms with Crippen molar-refractivity contribution >= 4 is 11.6 Å². The Morgan fingerprint density at radius 1 is 1.35 bits per heavy atom. The molecule has 6 heteroatoms. The van der Waals surface area contributed by atoms with Crippen molar-refractivity contribution in [1.82, 2.24) is 9.88 Å². The van der Waals surface area contributed by atoms with Gasteiger partial charge in [0.05, 0.1) is 30.4 Å². The van der Waals surface area contributed by atoms with Crippen LogP contribution < -0.4 is 5.73 Å². The maximum atomic E-state index is 11.7. The summed E-state index contributed by atoms with van der Waals surface area (Å²) in [5.41, 5.74) is 6.55. The van der Waals surface area contributed by atoms with Crippen LogP contribution in [0.15, 0.2) is 18.3 Å². The van der Waals surface area contributed by atoms with E-state index in [-0.39, 0.29) is 25.4 Å². The summed E-state index contributed by atoms with van der Waals surface area (Å²) in [6.45, 7) is -0.192. The first-order chi connectivity index (χ1) is 8.17. The molecular weight excluding hydrogens is 218 g/mol. The minimum atomic E-state index is -0.301. The van der Waals surface area contributed by atoms with Crippen LogP contribution in [0.25, 0.3) is 0 Å².